The zero-order valence-electron chi connectivity index (χ0n) is 15.3. The number of hydrogen-bond donors (Lipinski definition) is 2. The monoisotopic (exact) mass is 460 g/mol. The minimum absolute atomic E-state index is 0.103. The van der Waals surface area contributed by atoms with Gasteiger partial charge < -0.3 is 10.0 Å². The third-order valence-electron chi connectivity index (χ3n) is 5.04. The van der Waals surface area contributed by atoms with Gasteiger partial charge in [0.25, 0.3) is 15.9 Å². The number of phenolic OH excluding ortho intramolecular Hbond substituents is 1. The number of carbonyl (C=O) groups is 1. The lowest BCUT2D eigenvalue weighted by molar-refractivity contribution is 0.0400. The van der Waals surface area contributed by atoms with Crippen molar-refractivity contribution in [2.45, 2.75) is 29.8 Å². The van der Waals surface area contributed by atoms with Gasteiger partial charge in [-0.25, -0.2) is 21.6 Å². The van der Waals surface area contributed by atoms with Crippen molar-refractivity contribution < 1.29 is 31.5 Å². The van der Waals surface area contributed by atoms with Crippen LogP contribution in [0.2, 0.25) is 5.02 Å². The number of hydrogen-bond acceptors (Lipinski definition) is 4. The smallest absolute Gasteiger partial charge is 0.265 e. The summed E-state index contributed by atoms with van der Waals surface area (Å²) in [5, 5.41) is 9.73. The van der Waals surface area contributed by atoms with E-state index in [1.807, 2.05) is 4.72 Å². The SMILES string of the molecule is O=C(c1cc(Cl)c(O)c(S(=O)(=O)Nc2cc(C3CC3)c(F)cc2F)c1)N1CC(F)C1. The minimum atomic E-state index is -4.60. The Morgan fingerprint density at radius 2 is 1.80 bits per heavy atom. The number of amides is 1. The topological polar surface area (TPSA) is 86.7 Å². The third-order valence-corrected chi connectivity index (χ3v) is 6.70. The van der Waals surface area contributed by atoms with Crippen LogP contribution >= 0.6 is 11.6 Å². The third kappa shape index (κ3) is 3.81. The van der Waals surface area contributed by atoms with Gasteiger partial charge in [-0.2, -0.15) is 0 Å². The number of nitrogens with zero attached hydrogens (tertiary/aromatic N) is 1. The maximum absolute atomic E-state index is 14.2. The maximum atomic E-state index is 14.2. The van der Waals surface area contributed by atoms with Crippen LogP contribution in [0.15, 0.2) is 29.2 Å². The van der Waals surface area contributed by atoms with Crippen molar-refractivity contribution in [2.75, 3.05) is 17.8 Å². The predicted octanol–water partition coefficient (Wildman–Crippen LogP) is 3.80. The number of halogens is 4. The van der Waals surface area contributed by atoms with Crippen LogP contribution in [0.25, 0.3) is 0 Å². The molecule has 2 aromatic rings. The standard InChI is InChI=1S/C19H16ClF3N2O4S/c20-13-3-10(19(27)25-7-11(21)8-25)4-17(18(13)26)30(28,29)24-16-5-12(9-1-2-9)14(22)6-15(16)23/h3-6,9,11,24,26H,1-2,7-8H2. The Bertz CT molecular complexity index is 1150. The van der Waals surface area contributed by atoms with E-state index in [0.717, 1.165) is 23.1 Å². The molecule has 11 heteroatoms. The van der Waals surface area contributed by atoms with E-state index in [1.165, 1.54) is 0 Å². The second-order valence-electron chi connectivity index (χ2n) is 7.35. The highest BCUT2D eigenvalue weighted by Gasteiger charge is 2.33. The first-order chi connectivity index (χ1) is 14.1. The second-order valence-corrected chi connectivity index (χ2v) is 9.40. The molecule has 1 amide bonds. The van der Waals surface area contributed by atoms with Gasteiger partial charge in [0.05, 0.1) is 23.8 Å². The Kier molecular flexibility index (Phi) is 5.09. The van der Waals surface area contributed by atoms with Gasteiger partial charge in [0.1, 0.15) is 22.7 Å². The fourth-order valence-corrected chi connectivity index (χ4v) is 4.70. The lowest BCUT2D eigenvalue weighted by atomic mass is 10.1. The maximum Gasteiger partial charge on any atom is 0.265 e. The van der Waals surface area contributed by atoms with Crippen molar-refractivity contribution in [2.24, 2.45) is 0 Å². The summed E-state index contributed by atoms with van der Waals surface area (Å²) in [6.45, 7) is -0.273. The molecule has 2 aromatic carbocycles. The van der Waals surface area contributed by atoms with Crippen molar-refractivity contribution in [1.82, 2.24) is 4.90 Å². The molecular formula is C19H16ClF3N2O4S. The molecule has 0 atom stereocenters. The van der Waals surface area contributed by atoms with Crippen LogP contribution in [-0.2, 0) is 10.0 Å². The number of anilines is 1. The predicted molar refractivity (Wildman–Crippen MR) is 103 cm³/mol. The largest absolute Gasteiger partial charge is 0.505 e. The molecule has 1 saturated heterocycles. The van der Waals surface area contributed by atoms with E-state index < -0.39 is 55.1 Å². The van der Waals surface area contributed by atoms with Gasteiger partial charge in [0.15, 0.2) is 5.75 Å². The van der Waals surface area contributed by atoms with Gasteiger partial charge in [0, 0.05) is 11.6 Å². The zero-order valence-corrected chi connectivity index (χ0v) is 16.9. The molecule has 0 bridgehead atoms. The highest BCUT2D eigenvalue weighted by atomic mass is 35.5. The molecule has 1 saturated carbocycles. The molecule has 1 aliphatic heterocycles. The number of alkyl halides is 1. The van der Waals surface area contributed by atoms with Crippen LogP contribution in [0.1, 0.15) is 34.7 Å². The van der Waals surface area contributed by atoms with Gasteiger partial charge in [-0.3, -0.25) is 9.52 Å². The Hall–Kier alpha value is -2.46. The van der Waals surface area contributed by atoms with Crippen molar-refractivity contribution in [3.63, 3.8) is 0 Å². The average Bonchev–Trinajstić information content (AvgIpc) is 3.47. The van der Waals surface area contributed by atoms with E-state index in [4.69, 9.17) is 11.6 Å². The first kappa shape index (κ1) is 20.8. The van der Waals surface area contributed by atoms with Gasteiger partial charge >= 0.3 is 0 Å². The van der Waals surface area contributed by atoms with Crippen molar-refractivity contribution >= 4 is 33.2 Å². The summed E-state index contributed by atoms with van der Waals surface area (Å²) < 4.78 is 68.8. The first-order valence-corrected chi connectivity index (χ1v) is 10.9. The normalized spacial score (nSPS) is 17.0. The molecule has 4 rings (SSSR count). The molecule has 0 radical (unpaired) electrons. The summed E-state index contributed by atoms with van der Waals surface area (Å²) in [6, 6.07) is 3.61. The zero-order chi connectivity index (χ0) is 21.8. The summed E-state index contributed by atoms with van der Waals surface area (Å²) in [7, 11) is -4.60. The number of aromatic hydroxyl groups is 1. The van der Waals surface area contributed by atoms with Crippen LogP contribution in [0.4, 0.5) is 18.9 Å². The van der Waals surface area contributed by atoms with Gasteiger partial charge in [-0.15, -0.1) is 0 Å². The molecule has 30 heavy (non-hydrogen) atoms. The Labute approximate surface area is 175 Å². The highest BCUT2D eigenvalue weighted by molar-refractivity contribution is 7.92. The van der Waals surface area contributed by atoms with Crippen LogP contribution in [-0.4, -0.2) is 43.6 Å². The van der Waals surface area contributed by atoms with E-state index in [0.29, 0.717) is 18.9 Å². The quantitative estimate of drug-likeness (QED) is 0.710. The molecule has 0 aromatic heterocycles. The lowest BCUT2D eigenvalue weighted by Gasteiger charge is -2.34. The number of carbonyl (C=O) groups excluding carboxylic acids is 1. The average molecular weight is 461 g/mol. The summed E-state index contributed by atoms with van der Waals surface area (Å²) in [6.07, 6.45) is 0.269. The molecule has 6 nitrogen and oxygen atoms in total. The van der Waals surface area contributed by atoms with Crippen LogP contribution in [0.5, 0.6) is 5.75 Å². The number of sulfonamides is 1. The van der Waals surface area contributed by atoms with E-state index in [9.17, 15) is 31.5 Å². The van der Waals surface area contributed by atoms with E-state index in [2.05, 4.69) is 0 Å². The first-order valence-electron chi connectivity index (χ1n) is 9.04. The Morgan fingerprint density at radius 1 is 1.13 bits per heavy atom. The van der Waals surface area contributed by atoms with Gasteiger partial charge in [-0.1, -0.05) is 11.6 Å². The molecule has 2 fully saturated rings. The van der Waals surface area contributed by atoms with Crippen LogP contribution < -0.4 is 4.72 Å². The van der Waals surface area contributed by atoms with Crippen molar-refractivity contribution in [3.8, 4) is 5.75 Å². The number of phenols is 1. The number of rotatable bonds is 5. The molecule has 0 spiro atoms. The number of benzene rings is 2. The van der Waals surface area contributed by atoms with Crippen LogP contribution in [0, 0.1) is 11.6 Å². The Morgan fingerprint density at radius 3 is 2.40 bits per heavy atom. The molecule has 1 heterocycles. The summed E-state index contributed by atoms with van der Waals surface area (Å²) in [5.41, 5.74) is -0.476. The van der Waals surface area contributed by atoms with Crippen molar-refractivity contribution in [3.05, 3.63) is 52.0 Å². The van der Waals surface area contributed by atoms with E-state index >= 15 is 0 Å². The molecule has 2 N–H and O–H groups in total. The Balaban J connectivity index is 1.69. The summed E-state index contributed by atoms with van der Waals surface area (Å²) in [4.78, 5) is 12.8. The molecule has 160 valence electrons. The summed E-state index contributed by atoms with van der Waals surface area (Å²) in [5.74, 6) is -3.50. The molecule has 1 aliphatic carbocycles. The van der Waals surface area contributed by atoms with Crippen LogP contribution in [0.3, 0.4) is 0 Å². The fraction of sp³-hybridized carbons (Fsp3) is 0.316. The number of likely N-dealkylation sites (tertiary alicyclic amines) is 1. The minimum Gasteiger partial charge on any atom is -0.505 e. The molecular weight excluding hydrogens is 445 g/mol. The van der Waals surface area contributed by atoms with E-state index in [-0.39, 0.29) is 30.1 Å². The fourth-order valence-electron chi connectivity index (χ4n) is 3.23. The van der Waals surface area contributed by atoms with Crippen molar-refractivity contribution in [1.29, 1.82) is 0 Å². The molecule has 2 aliphatic rings. The van der Waals surface area contributed by atoms with Gasteiger partial charge in [-0.05, 0) is 42.5 Å². The summed E-state index contributed by atoms with van der Waals surface area (Å²) >= 11 is 5.88. The molecule has 0 unspecified atom stereocenters. The highest BCUT2D eigenvalue weighted by Crippen LogP contribution is 2.43. The van der Waals surface area contributed by atoms with E-state index in [1.54, 1.807) is 0 Å². The lowest BCUT2D eigenvalue weighted by Crippen LogP contribution is -2.51. The second kappa shape index (κ2) is 7.35. The number of nitrogens with one attached hydrogen (secondary N) is 1. The van der Waals surface area contributed by atoms with Gasteiger partial charge in [0.2, 0.25) is 0 Å².